The van der Waals surface area contributed by atoms with Crippen molar-refractivity contribution in [2.45, 2.75) is 4.90 Å². The Bertz CT molecular complexity index is 943. The molecule has 1 fully saturated rings. The van der Waals surface area contributed by atoms with Gasteiger partial charge < -0.3 is 9.64 Å². The van der Waals surface area contributed by atoms with Crippen molar-refractivity contribution in [1.82, 2.24) is 4.90 Å². The van der Waals surface area contributed by atoms with Crippen molar-refractivity contribution in [3.05, 3.63) is 59.7 Å². The number of ether oxygens (including phenoxy) is 1. The zero-order chi connectivity index (χ0) is 18.6. The molecule has 0 aromatic heterocycles. The fourth-order valence-corrected chi connectivity index (χ4v) is 3.68. The molecule has 1 saturated heterocycles. The first-order valence-corrected chi connectivity index (χ1v) is 9.48. The average Bonchev–Trinajstić information content (AvgIpc) is 2.68. The van der Waals surface area contributed by atoms with Gasteiger partial charge in [-0.2, -0.15) is 5.26 Å². The Kier molecular flexibility index (Phi) is 5.21. The van der Waals surface area contributed by atoms with Crippen LogP contribution in [0.25, 0.3) is 0 Å². The molecule has 7 nitrogen and oxygen atoms in total. The van der Waals surface area contributed by atoms with Gasteiger partial charge in [-0.05, 0) is 36.4 Å². The van der Waals surface area contributed by atoms with Crippen LogP contribution in [0, 0.1) is 11.3 Å². The lowest BCUT2D eigenvalue weighted by Gasteiger charge is -2.26. The van der Waals surface area contributed by atoms with Gasteiger partial charge in [-0.1, -0.05) is 12.1 Å². The number of hydrogen-bond acceptors (Lipinski definition) is 5. The second-order valence-electron chi connectivity index (χ2n) is 5.69. The van der Waals surface area contributed by atoms with E-state index in [4.69, 9.17) is 10.00 Å². The quantitative estimate of drug-likeness (QED) is 0.884. The van der Waals surface area contributed by atoms with E-state index in [0.717, 1.165) is 0 Å². The van der Waals surface area contributed by atoms with Gasteiger partial charge in [0.25, 0.3) is 15.9 Å². The molecule has 1 amide bonds. The summed E-state index contributed by atoms with van der Waals surface area (Å²) in [6, 6.07) is 14.0. The van der Waals surface area contributed by atoms with E-state index in [2.05, 4.69) is 4.72 Å². The topological polar surface area (TPSA) is 99.5 Å². The summed E-state index contributed by atoms with van der Waals surface area (Å²) in [5.74, 6) is -0.153. The third-order valence-corrected chi connectivity index (χ3v) is 5.38. The molecule has 0 radical (unpaired) electrons. The molecule has 8 heteroatoms. The summed E-state index contributed by atoms with van der Waals surface area (Å²) in [6.07, 6.45) is 0. The van der Waals surface area contributed by atoms with Crippen molar-refractivity contribution in [2.75, 3.05) is 31.0 Å². The van der Waals surface area contributed by atoms with Crippen LogP contribution in [0.15, 0.2) is 53.4 Å². The smallest absolute Gasteiger partial charge is 0.261 e. The van der Waals surface area contributed by atoms with Crippen LogP contribution in [0.1, 0.15) is 15.9 Å². The molecule has 0 spiro atoms. The number of carbonyl (C=O) groups excluding carboxylic acids is 1. The molecule has 26 heavy (non-hydrogen) atoms. The van der Waals surface area contributed by atoms with Gasteiger partial charge in [0.2, 0.25) is 0 Å². The Hall–Kier alpha value is -2.89. The number of anilines is 1. The van der Waals surface area contributed by atoms with Gasteiger partial charge in [0.05, 0.1) is 29.4 Å². The fraction of sp³-hybridized carbons (Fsp3) is 0.222. The van der Waals surface area contributed by atoms with E-state index in [0.29, 0.717) is 31.9 Å². The molecule has 2 aromatic carbocycles. The highest BCUT2D eigenvalue weighted by Gasteiger charge is 2.20. The molecule has 1 aliphatic heterocycles. The fourth-order valence-electron chi connectivity index (χ4n) is 2.60. The van der Waals surface area contributed by atoms with Crippen LogP contribution in [0.3, 0.4) is 0 Å². The third-order valence-electron chi connectivity index (χ3n) is 4.00. The monoisotopic (exact) mass is 371 g/mol. The van der Waals surface area contributed by atoms with Crippen LogP contribution in [0.4, 0.5) is 5.69 Å². The Balaban J connectivity index is 1.79. The summed E-state index contributed by atoms with van der Waals surface area (Å²) in [4.78, 5) is 14.1. The highest BCUT2D eigenvalue weighted by atomic mass is 32.2. The van der Waals surface area contributed by atoms with Crippen LogP contribution in [-0.2, 0) is 14.8 Å². The van der Waals surface area contributed by atoms with Gasteiger partial charge in [-0.15, -0.1) is 0 Å². The number of nitrogens with one attached hydrogen (secondary N) is 1. The third kappa shape index (κ3) is 3.85. The molecule has 0 unspecified atom stereocenters. The number of nitrogens with zero attached hydrogens (tertiary/aromatic N) is 2. The number of hydrogen-bond donors (Lipinski definition) is 1. The summed E-state index contributed by atoms with van der Waals surface area (Å²) in [6.45, 7) is 2.04. The van der Waals surface area contributed by atoms with Crippen molar-refractivity contribution >= 4 is 21.6 Å². The molecule has 0 saturated carbocycles. The minimum absolute atomic E-state index is 0.0174. The Morgan fingerprint density at radius 2 is 1.73 bits per heavy atom. The predicted octanol–water partition coefficient (Wildman–Crippen LogP) is 1.83. The molecule has 134 valence electrons. The molecule has 1 aliphatic rings. The number of rotatable bonds is 4. The van der Waals surface area contributed by atoms with E-state index in [1.54, 1.807) is 17.0 Å². The number of nitriles is 1. The first-order chi connectivity index (χ1) is 12.5. The molecule has 0 atom stereocenters. The highest BCUT2D eigenvalue weighted by Crippen LogP contribution is 2.20. The Labute approximate surface area is 151 Å². The molecule has 1 N–H and O–H groups in total. The lowest BCUT2D eigenvalue weighted by Crippen LogP contribution is -2.40. The van der Waals surface area contributed by atoms with Crippen molar-refractivity contribution in [3.63, 3.8) is 0 Å². The van der Waals surface area contributed by atoms with Crippen LogP contribution >= 0.6 is 0 Å². The van der Waals surface area contributed by atoms with Crippen LogP contribution in [0.2, 0.25) is 0 Å². The molecular formula is C18H17N3O4S. The minimum atomic E-state index is -3.86. The van der Waals surface area contributed by atoms with Crippen molar-refractivity contribution in [3.8, 4) is 6.07 Å². The van der Waals surface area contributed by atoms with Gasteiger partial charge in [-0.25, -0.2) is 8.42 Å². The molecule has 1 heterocycles. The standard InChI is InChI=1S/C18H17N3O4S/c19-13-15-3-1-2-4-17(15)20-26(23,24)16-7-5-14(6-8-16)18(22)21-9-11-25-12-10-21/h1-8,20H,9-12H2. The van der Waals surface area contributed by atoms with Gasteiger partial charge >= 0.3 is 0 Å². The van der Waals surface area contributed by atoms with Gasteiger partial charge in [-0.3, -0.25) is 9.52 Å². The zero-order valence-electron chi connectivity index (χ0n) is 13.9. The molecular weight excluding hydrogens is 354 g/mol. The van der Waals surface area contributed by atoms with Gasteiger partial charge in [0, 0.05) is 18.7 Å². The summed E-state index contributed by atoms with van der Waals surface area (Å²) in [7, 11) is -3.86. The lowest BCUT2D eigenvalue weighted by molar-refractivity contribution is 0.0303. The molecule has 0 aliphatic carbocycles. The van der Waals surface area contributed by atoms with Crippen LogP contribution in [0.5, 0.6) is 0 Å². The molecule has 0 bridgehead atoms. The van der Waals surface area contributed by atoms with Crippen molar-refractivity contribution < 1.29 is 17.9 Å². The van der Waals surface area contributed by atoms with Gasteiger partial charge in [0.15, 0.2) is 0 Å². The number of carbonyl (C=O) groups is 1. The van der Waals surface area contributed by atoms with E-state index < -0.39 is 10.0 Å². The lowest BCUT2D eigenvalue weighted by atomic mass is 10.2. The van der Waals surface area contributed by atoms with E-state index in [1.807, 2.05) is 6.07 Å². The van der Waals surface area contributed by atoms with Crippen LogP contribution in [-0.4, -0.2) is 45.5 Å². The average molecular weight is 371 g/mol. The normalized spacial score (nSPS) is 14.5. The molecule has 2 aromatic rings. The second-order valence-corrected chi connectivity index (χ2v) is 7.37. The number of morpholine rings is 1. The van der Waals surface area contributed by atoms with Crippen molar-refractivity contribution in [1.29, 1.82) is 5.26 Å². The first-order valence-electron chi connectivity index (χ1n) is 8.00. The van der Waals surface area contributed by atoms with Gasteiger partial charge in [0.1, 0.15) is 6.07 Å². The Morgan fingerprint density at radius 3 is 2.38 bits per heavy atom. The van der Waals surface area contributed by atoms with Crippen LogP contribution < -0.4 is 4.72 Å². The largest absolute Gasteiger partial charge is 0.378 e. The minimum Gasteiger partial charge on any atom is -0.378 e. The number of para-hydroxylation sites is 1. The van der Waals surface area contributed by atoms with E-state index >= 15 is 0 Å². The van der Waals surface area contributed by atoms with E-state index in [1.165, 1.54) is 36.4 Å². The maximum atomic E-state index is 12.5. The first kappa shape index (κ1) is 17.9. The number of sulfonamides is 1. The maximum Gasteiger partial charge on any atom is 0.261 e. The molecule has 3 rings (SSSR count). The summed E-state index contributed by atoms with van der Waals surface area (Å²) in [5, 5.41) is 9.07. The number of benzene rings is 2. The summed E-state index contributed by atoms with van der Waals surface area (Å²) >= 11 is 0. The van der Waals surface area contributed by atoms with E-state index in [-0.39, 0.29) is 22.1 Å². The predicted molar refractivity (Wildman–Crippen MR) is 95.1 cm³/mol. The summed E-state index contributed by atoms with van der Waals surface area (Å²) < 4.78 is 32.7. The van der Waals surface area contributed by atoms with E-state index in [9.17, 15) is 13.2 Å². The summed E-state index contributed by atoms with van der Waals surface area (Å²) in [5.41, 5.74) is 0.863. The highest BCUT2D eigenvalue weighted by molar-refractivity contribution is 7.92. The zero-order valence-corrected chi connectivity index (χ0v) is 14.7. The second kappa shape index (κ2) is 7.56. The number of amides is 1. The SMILES string of the molecule is N#Cc1ccccc1NS(=O)(=O)c1ccc(C(=O)N2CCOCC2)cc1. The Morgan fingerprint density at radius 1 is 1.08 bits per heavy atom. The van der Waals surface area contributed by atoms with Crippen molar-refractivity contribution in [2.24, 2.45) is 0 Å². The maximum absolute atomic E-state index is 12.5.